The van der Waals surface area contributed by atoms with Crippen LogP contribution in [0.1, 0.15) is 19.8 Å². The van der Waals surface area contributed by atoms with Gasteiger partial charge in [-0.05, 0) is 6.42 Å². The quantitative estimate of drug-likeness (QED) is 0.612. The topological polar surface area (TPSA) is 92.9 Å². The summed E-state index contributed by atoms with van der Waals surface area (Å²) in [5.74, 6) is -0.241. The first-order valence-electron chi connectivity index (χ1n) is 6.88. The maximum Gasteiger partial charge on any atom is 0.303 e. The number of ether oxygens (including phenoxy) is 1. The molecule has 7 nitrogen and oxygen atoms in total. The minimum atomic E-state index is -0.814. The third-order valence-electron chi connectivity index (χ3n) is 3.35. The van der Waals surface area contributed by atoms with Crippen molar-refractivity contribution in [2.75, 3.05) is 24.6 Å². The second kappa shape index (κ2) is 6.43. The molecule has 1 saturated heterocycles. The summed E-state index contributed by atoms with van der Waals surface area (Å²) in [6.45, 7) is 3.66. The molecule has 7 heteroatoms. The third kappa shape index (κ3) is 3.84. The van der Waals surface area contributed by atoms with Gasteiger partial charge in [0.1, 0.15) is 5.75 Å². The lowest BCUT2D eigenvalue weighted by atomic mass is 9.95. The normalized spacial score (nSPS) is 14.6. The maximum absolute atomic E-state index is 11.0. The van der Waals surface area contributed by atoms with Gasteiger partial charge in [-0.2, -0.15) is 0 Å². The monoisotopic (exact) mass is 294 g/mol. The van der Waals surface area contributed by atoms with Gasteiger partial charge in [0.2, 0.25) is 0 Å². The van der Waals surface area contributed by atoms with E-state index in [1.54, 1.807) is 6.07 Å². The van der Waals surface area contributed by atoms with Crippen LogP contribution in [0.2, 0.25) is 0 Å². The Morgan fingerprint density at radius 3 is 2.76 bits per heavy atom. The van der Waals surface area contributed by atoms with E-state index < -0.39 is 10.9 Å². The van der Waals surface area contributed by atoms with Gasteiger partial charge >= 0.3 is 5.97 Å². The molecule has 0 aromatic heterocycles. The number of aliphatic carboxylic acids is 1. The van der Waals surface area contributed by atoms with E-state index in [0.717, 1.165) is 6.42 Å². The molecule has 1 heterocycles. The molecule has 21 heavy (non-hydrogen) atoms. The third-order valence-corrected chi connectivity index (χ3v) is 3.35. The van der Waals surface area contributed by atoms with Crippen molar-refractivity contribution in [1.29, 1.82) is 0 Å². The van der Waals surface area contributed by atoms with Crippen LogP contribution in [0.3, 0.4) is 0 Å². The van der Waals surface area contributed by atoms with Gasteiger partial charge in [-0.15, -0.1) is 0 Å². The van der Waals surface area contributed by atoms with Crippen LogP contribution in [-0.4, -0.2) is 35.7 Å². The van der Waals surface area contributed by atoms with Crippen molar-refractivity contribution in [2.24, 2.45) is 5.92 Å². The lowest BCUT2D eigenvalue weighted by Crippen LogP contribution is -2.47. The molecular weight excluding hydrogens is 276 g/mol. The van der Waals surface area contributed by atoms with Gasteiger partial charge in [-0.3, -0.25) is 14.9 Å². The molecule has 0 radical (unpaired) electrons. The van der Waals surface area contributed by atoms with E-state index >= 15 is 0 Å². The van der Waals surface area contributed by atoms with E-state index in [1.165, 1.54) is 12.1 Å². The second-order valence-electron chi connectivity index (χ2n) is 5.16. The Kier molecular flexibility index (Phi) is 4.62. The van der Waals surface area contributed by atoms with Gasteiger partial charge in [0.25, 0.3) is 5.69 Å². The number of carbonyl (C=O) groups is 1. The number of rotatable bonds is 7. The standard InChI is InChI=1S/C14H18N2O5/c1-2-3-21-13-6-11(5-12(7-13)16(19)20)15-8-10(9-15)4-14(17)18/h5-7,10H,2-4,8-9H2,1H3,(H,17,18). The van der Waals surface area contributed by atoms with Gasteiger partial charge in [0, 0.05) is 36.8 Å². The minimum absolute atomic E-state index is 0.0136. The predicted octanol–water partition coefficient (Wildman–Crippen LogP) is 2.29. The summed E-state index contributed by atoms with van der Waals surface area (Å²) in [6.07, 6.45) is 0.951. The second-order valence-corrected chi connectivity index (χ2v) is 5.16. The van der Waals surface area contributed by atoms with Crippen LogP contribution in [-0.2, 0) is 4.79 Å². The highest BCUT2D eigenvalue weighted by Crippen LogP contribution is 2.33. The number of carboxylic acid groups (broad SMARTS) is 1. The molecule has 0 atom stereocenters. The summed E-state index contributed by atoms with van der Waals surface area (Å²) in [4.78, 5) is 23.1. The number of non-ortho nitro benzene ring substituents is 1. The van der Waals surface area contributed by atoms with E-state index in [-0.39, 0.29) is 18.0 Å². The summed E-state index contributed by atoms with van der Waals surface area (Å²) in [5.41, 5.74) is 0.692. The zero-order valence-corrected chi connectivity index (χ0v) is 11.8. The first-order valence-corrected chi connectivity index (χ1v) is 6.88. The zero-order chi connectivity index (χ0) is 15.4. The van der Waals surface area contributed by atoms with Crippen molar-refractivity contribution in [3.05, 3.63) is 28.3 Å². The van der Waals surface area contributed by atoms with E-state index in [1.807, 2.05) is 11.8 Å². The number of nitrogens with zero attached hydrogens (tertiary/aromatic N) is 2. The number of nitro benzene ring substituents is 1. The molecule has 114 valence electrons. The minimum Gasteiger partial charge on any atom is -0.493 e. The van der Waals surface area contributed by atoms with Crippen molar-refractivity contribution in [1.82, 2.24) is 0 Å². The van der Waals surface area contributed by atoms with Gasteiger partial charge in [0.05, 0.1) is 24.0 Å². The van der Waals surface area contributed by atoms with Crippen LogP contribution in [0.4, 0.5) is 11.4 Å². The fourth-order valence-corrected chi connectivity index (χ4v) is 2.32. The smallest absolute Gasteiger partial charge is 0.303 e. The van der Waals surface area contributed by atoms with Crippen LogP contribution in [0.25, 0.3) is 0 Å². The van der Waals surface area contributed by atoms with Crippen molar-refractivity contribution >= 4 is 17.3 Å². The predicted molar refractivity (Wildman–Crippen MR) is 76.8 cm³/mol. The number of benzene rings is 1. The fourth-order valence-electron chi connectivity index (χ4n) is 2.32. The lowest BCUT2D eigenvalue weighted by molar-refractivity contribution is -0.384. The van der Waals surface area contributed by atoms with Crippen LogP contribution in [0.5, 0.6) is 5.75 Å². The first-order chi connectivity index (χ1) is 9.99. The molecule has 1 aromatic carbocycles. The lowest BCUT2D eigenvalue weighted by Gasteiger charge is -2.40. The highest BCUT2D eigenvalue weighted by molar-refractivity contribution is 5.68. The SMILES string of the molecule is CCCOc1cc(N2CC(CC(=O)O)C2)cc([N+](=O)[O-])c1. The van der Waals surface area contributed by atoms with Crippen molar-refractivity contribution in [3.8, 4) is 5.75 Å². The highest BCUT2D eigenvalue weighted by Gasteiger charge is 2.30. The maximum atomic E-state index is 11.0. The molecule has 0 saturated carbocycles. The Hall–Kier alpha value is -2.31. The van der Waals surface area contributed by atoms with Crippen molar-refractivity contribution < 1.29 is 19.6 Å². The van der Waals surface area contributed by atoms with E-state index in [9.17, 15) is 14.9 Å². The van der Waals surface area contributed by atoms with Gasteiger partial charge < -0.3 is 14.7 Å². The number of nitro groups is 1. The molecule has 1 N–H and O–H groups in total. The summed E-state index contributed by atoms with van der Waals surface area (Å²) >= 11 is 0. The molecule has 0 aliphatic carbocycles. The molecule has 1 aliphatic rings. The molecule has 0 spiro atoms. The van der Waals surface area contributed by atoms with Gasteiger partial charge in [0.15, 0.2) is 0 Å². The Balaban J connectivity index is 2.10. The number of hydrogen-bond donors (Lipinski definition) is 1. The summed E-state index contributed by atoms with van der Waals surface area (Å²) in [5, 5.41) is 19.7. The fraction of sp³-hybridized carbons (Fsp3) is 0.500. The van der Waals surface area contributed by atoms with Crippen LogP contribution >= 0.6 is 0 Å². The number of hydrogen-bond acceptors (Lipinski definition) is 5. The molecule has 0 amide bonds. The molecule has 1 aromatic rings. The van der Waals surface area contributed by atoms with Crippen molar-refractivity contribution in [2.45, 2.75) is 19.8 Å². The van der Waals surface area contributed by atoms with Crippen LogP contribution in [0, 0.1) is 16.0 Å². The van der Waals surface area contributed by atoms with Gasteiger partial charge in [-0.25, -0.2) is 0 Å². The Labute approximate surface area is 122 Å². The largest absolute Gasteiger partial charge is 0.493 e. The van der Waals surface area contributed by atoms with Crippen LogP contribution in [0.15, 0.2) is 18.2 Å². The number of anilines is 1. The van der Waals surface area contributed by atoms with Crippen molar-refractivity contribution in [3.63, 3.8) is 0 Å². The van der Waals surface area contributed by atoms with Crippen LogP contribution < -0.4 is 9.64 Å². The summed E-state index contributed by atoms with van der Waals surface area (Å²) in [7, 11) is 0. The average molecular weight is 294 g/mol. The molecular formula is C14H18N2O5. The Morgan fingerprint density at radius 2 is 2.19 bits per heavy atom. The first kappa shape index (κ1) is 15.1. The Bertz CT molecular complexity index is 540. The molecule has 0 unspecified atom stereocenters. The van der Waals surface area contributed by atoms with E-state index in [2.05, 4.69) is 0 Å². The Morgan fingerprint density at radius 1 is 1.48 bits per heavy atom. The molecule has 2 rings (SSSR count). The van der Waals surface area contributed by atoms with E-state index in [0.29, 0.717) is 31.1 Å². The zero-order valence-electron chi connectivity index (χ0n) is 11.8. The summed E-state index contributed by atoms with van der Waals surface area (Å²) < 4.78 is 5.47. The molecule has 1 fully saturated rings. The number of carboxylic acids is 1. The highest BCUT2D eigenvalue weighted by atomic mass is 16.6. The summed E-state index contributed by atoms with van der Waals surface area (Å²) in [6, 6.07) is 4.67. The molecule has 1 aliphatic heterocycles. The van der Waals surface area contributed by atoms with E-state index in [4.69, 9.17) is 9.84 Å². The average Bonchev–Trinajstić information content (AvgIpc) is 2.39. The molecule has 0 bridgehead atoms. The van der Waals surface area contributed by atoms with Gasteiger partial charge in [-0.1, -0.05) is 6.92 Å².